The minimum Gasteiger partial charge on any atom is -0.393 e. The number of fused-ring (bicyclic) bond motifs is 3. The molecule has 1 aliphatic carbocycles. The second-order valence-corrected chi connectivity index (χ2v) is 4.39. The van der Waals surface area contributed by atoms with E-state index >= 15 is 0 Å². The van der Waals surface area contributed by atoms with Crippen LogP contribution in [0.1, 0.15) is 12.8 Å². The highest BCUT2D eigenvalue weighted by atomic mass is 16.6. The summed E-state index contributed by atoms with van der Waals surface area (Å²) >= 11 is 0. The van der Waals surface area contributed by atoms with Crippen LogP contribution in [-0.4, -0.2) is 23.9 Å². The fraction of sp³-hybridized carbons (Fsp3) is 0.600. The van der Waals surface area contributed by atoms with Crippen molar-refractivity contribution in [3.63, 3.8) is 0 Å². The zero-order valence-corrected chi connectivity index (χ0v) is 8.17. The van der Waals surface area contributed by atoms with Gasteiger partial charge in [0.1, 0.15) is 0 Å². The third-order valence-corrected chi connectivity index (χ3v) is 3.58. The van der Waals surface area contributed by atoms with Crippen molar-refractivity contribution >= 4 is 23.9 Å². The van der Waals surface area contributed by atoms with E-state index in [0.717, 1.165) is 0 Å². The lowest BCUT2D eigenvalue weighted by Gasteiger charge is -2.24. The van der Waals surface area contributed by atoms with Gasteiger partial charge >= 0.3 is 23.9 Å². The molecular weight excluding hydrogens is 216 g/mol. The highest BCUT2D eigenvalue weighted by molar-refractivity contribution is 6.01. The van der Waals surface area contributed by atoms with Crippen LogP contribution in [0.25, 0.3) is 0 Å². The molecule has 0 aromatic carbocycles. The maximum absolute atomic E-state index is 11.5. The highest BCUT2D eigenvalue weighted by Crippen LogP contribution is 2.49. The smallest absolute Gasteiger partial charge is 0.318 e. The predicted octanol–water partition coefficient (Wildman–Crippen LogP) is -0.588. The quantitative estimate of drug-likeness (QED) is 0.404. The Kier molecular flexibility index (Phi) is 1.72. The summed E-state index contributed by atoms with van der Waals surface area (Å²) in [5.74, 6) is -4.74. The molecule has 1 saturated carbocycles. The third kappa shape index (κ3) is 1.07. The van der Waals surface area contributed by atoms with Crippen molar-refractivity contribution < 1.29 is 28.7 Å². The van der Waals surface area contributed by atoms with E-state index in [1.165, 1.54) is 0 Å². The van der Waals surface area contributed by atoms with Gasteiger partial charge in [0, 0.05) is 6.42 Å². The maximum Gasteiger partial charge on any atom is 0.318 e. The molecule has 84 valence electrons. The number of hydrogen-bond donors (Lipinski definition) is 0. The number of esters is 4. The van der Waals surface area contributed by atoms with E-state index in [4.69, 9.17) is 0 Å². The molecular formula is C10H8O6. The molecule has 0 amide bonds. The molecule has 4 atom stereocenters. The Bertz CT molecular complexity index is 425. The molecule has 2 heterocycles. The van der Waals surface area contributed by atoms with E-state index in [0.29, 0.717) is 6.42 Å². The Morgan fingerprint density at radius 2 is 1.56 bits per heavy atom. The lowest BCUT2D eigenvalue weighted by atomic mass is 9.85. The zero-order chi connectivity index (χ0) is 11.4. The van der Waals surface area contributed by atoms with Crippen LogP contribution >= 0.6 is 0 Å². The summed E-state index contributed by atoms with van der Waals surface area (Å²) in [5.41, 5.74) is 0. The van der Waals surface area contributed by atoms with Crippen LogP contribution in [0, 0.1) is 23.7 Å². The summed E-state index contributed by atoms with van der Waals surface area (Å²) in [6, 6.07) is 0. The van der Waals surface area contributed by atoms with Gasteiger partial charge in [-0.2, -0.15) is 0 Å². The van der Waals surface area contributed by atoms with Crippen LogP contribution in [0.5, 0.6) is 0 Å². The summed E-state index contributed by atoms with van der Waals surface area (Å²) in [6.45, 7) is 0. The van der Waals surface area contributed by atoms with E-state index in [1.807, 2.05) is 0 Å². The first-order valence-electron chi connectivity index (χ1n) is 5.08. The van der Waals surface area contributed by atoms with Gasteiger partial charge in [-0.25, -0.2) is 0 Å². The molecule has 6 nitrogen and oxygen atoms in total. The molecule has 6 heteroatoms. The first-order valence-corrected chi connectivity index (χ1v) is 5.08. The number of ether oxygens (including phenoxy) is 2. The summed E-state index contributed by atoms with van der Waals surface area (Å²) < 4.78 is 8.98. The Morgan fingerprint density at radius 3 is 2.31 bits per heavy atom. The standard InChI is InChI=1S/C10H8O6/c11-5-2-3-1-4-7(6(3)9(13)15-5)10(14)16-8(4)12/h3-4,6-7H,1-2H2. The molecule has 0 N–H and O–H groups in total. The minimum absolute atomic E-state index is 0.101. The lowest BCUT2D eigenvalue weighted by molar-refractivity contribution is -0.174. The van der Waals surface area contributed by atoms with Gasteiger partial charge in [0.05, 0.1) is 17.8 Å². The van der Waals surface area contributed by atoms with Crippen molar-refractivity contribution in [2.45, 2.75) is 12.8 Å². The van der Waals surface area contributed by atoms with Crippen LogP contribution in [0.2, 0.25) is 0 Å². The molecule has 0 aromatic heterocycles. The summed E-state index contributed by atoms with van der Waals surface area (Å²) in [5, 5.41) is 0. The summed E-state index contributed by atoms with van der Waals surface area (Å²) in [6.07, 6.45) is 0.463. The van der Waals surface area contributed by atoms with Crippen molar-refractivity contribution in [3.05, 3.63) is 0 Å². The van der Waals surface area contributed by atoms with Crippen molar-refractivity contribution in [2.24, 2.45) is 23.7 Å². The SMILES string of the molecule is O=C1CC2CC3C(=O)OC(=O)C3C2C(=O)O1. The molecule has 2 aliphatic heterocycles. The molecule has 3 fully saturated rings. The van der Waals surface area contributed by atoms with Gasteiger partial charge in [-0.05, 0) is 12.3 Å². The predicted molar refractivity (Wildman–Crippen MR) is 45.4 cm³/mol. The fourth-order valence-electron chi connectivity index (χ4n) is 2.94. The van der Waals surface area contributed by atoms with E-state index in [9.17, 15) is 19.2 Å². The monoisotopic (exact) mass is 224 g/mol. The molecule has 4 unspecified atom stereocenters. The molecule has 0 spiro atoms. The van der Waals surface area contributed by atoms with Crippen LogP contribution in [0.4, 0.5) is 0 Å². The van der Waals surface area contributed by atoms with Crippen LogP contribution < -0.4 is 0 Å². The van der Waals surface area contributed by atoms with Gasteiger partial charge in [-0.15, -0.1) is 0 Å². The Labute approximate surface area is 89.9 Å². The normalized spacial score (nSPS) is 41.5. The Hall–Kier alpha value is -1.72. The number of cyclic esters (lactones) is 4. The number of carbonyl (C=O) groups excluding carboxylic acids is 4. The van der Waals surface area contributed by atoms with E-state index in [-0.39, 0.29) is 12.3 Å². The van der Waals surface area contributed by atoms with Gasteiger partial charge in [0.25, 0.3) is 0 Å². The van der Waals surface area contributed by atoms with E-state index in [2.05, 4.69) is 9.47 Å². The average molecular weight is 224 g/mol. The van der Waals surface area contributed by atoms with Crippen molar-refractivity contribution in [3.8, 4) is 0 Å². The van der Waals surface area contributed by atoms with Crippen molar-refractivity contribution in [1.29, 1.82) is 0 Å². The number of rotatable bonds is 0. The van der Waals surface area contributed by atoms with Crippen LogP contribution in [0.15, 0.2) is 0 Å². The molecule has 2 saturated heterocycles. The largest absolute Gasteiger partial charge is 0.393 e. The van der Waals surface area contributed by atoms with E-state index in [1.54, 1.807) is 0 Å². The minimum atomic E-state index is -0.738. The Morgan fingerprint density at radius 1 is 0.875 bits per heavy atom. The number of hydrogen-bond acceptors (Lipinski definition) is 6. The second kappa shape index (κ2) is 2.90. The molecule has 3 aliphatic rings. The molecule has 16 heavy (non-hydrogen) atoms. The molecule has 0 bridgehead atoms. The van der Waals surface area contributed by atoms with Crippen LogP contribution in [0.3, 0.4) is 0 Å². The molecule has 0 radical (unpaired) electrons. The second-order valence-electron chi connectivity index (χ2n) is 4.39. The number of carbonyl (C=O) groups is 4. The van der Waals surface area contributed by atoms with Gasteiger partial charge in [-0.3, -0.25) is 19.2 Å². The topological polar surface area (TPSA) is 86.7 Å². The summed E-state index contributed by atoms with van der Waals surface area (Å²) in [4.78, 5) is 45.3. The fourth-order valence-corrected chi connectivity index (χ4v) is 2.94. The lowest BCUT2D eigenvalue weighted by Crippen LogP contribution is -2.37. The van der Waals surface area contributed by atoms with Crippen LogP contribution in [-0.2, 0) is 28.7 Å². The third-order valence-electron chi connectivity index (χ3n) is 3.58. The van der Waals surface area contributed by atoms with Gasteiger partial charge in [-0.1, -0.05) is 0 Å². The highest BCUT2D eigenvalue weighted by Gasteiger charge is 2.61. The zero-order valence-electron chi connectivity index (χ0n) is 8.17. The van der Waals surface area contributed by atoms with Crippen molar-refractivity contribution in [1.82, 2.24) is 0 Å². The van der Waals surface area contributed by atoms with Gasteiger partial charge < -0.3 is 9.47 Å². The van der Waals surface area contributed by atoms with Gasteiger partial charge in [0.15, 0.2) is 0 Å². The van der Waals surface area contributed by atoms with Crippen molar-refractivity contribution in [2.75, 3.05) is 0 Å². The maximum atomic E-state index is 11.5. The first-order chi connectivity index (χ1) is 7.58. The first kappa shape index (κ1) is 9.50. The van der Waals surface area contributed by atoms with E-state index < -0.39 is 41.6 Å². The molecule has 3 rings (SSSR count). The van der Waals surface area contributed by atoms with Gasteiger partial charge in [0.2, 0.25) is 0 Å². The molecule has 0 aromatic rings. The average Bonchev–Trinajstić information content (AvgIpc) is 2.66. The Balaban J connectivity index is 1.97. The summed E-state index contributed by atoms with van der Waals surface area (Å²) in [7, 11) is 0.